The third kappa shape index (κ3) is 462. The summed E-state index contributed by atoms with van der Waals surface area (Å²) in [5.74, 6) is 0. The van der Waals surface area contributed by atoms with Gasteiger partial charge in [-0.1, -0.05) is 0 Å². The summed E-state index contributed by atoms with van der Waals surface area (Å²) in [6, 6.07) is 0. The monoisotopic (exact) mass is 435 g/mol. The number of rotatable bonds is 0. The molecule has 0 aromatic rings. The third-order valence-electron chi connectivity index (χ3n) is 0. The van der Waals surface area contributed by atoms with Crippen molar-refractivity contribution in [1.82, 2.24) is 0 Å². The van der Waals surface area contributed by atoms with Crippen LogP contribution in [-0.2, 0) is 11.3 Å². The average molecular weight is 431 g/mol. The quantitative estimate of drug-likeness (QED) is 0.336. The van der Waals surface area contributed by atoms with Crippen LogP contribution in [0.15, 0.2) is 0 Å². The van der Waals surface area contributed by atoms with Gasteiger partial charge in [-0.3, -0.25) is 0 Å². The Hall–Kier alpha value is 2.83. The van der Waals surface area contributed by atoms with Crippen LogP contribution in [0.25, 0.3) is 0 Å². The van der Waals surface area contributed by atoms with E-state index < -0.39 is 44.9 Å². The van der Waals surface area contributed by atoms with Crippen molar-refractivity contribution in [3.63, 3.8) is 0 Å². The second-order valence-electron chi connectivity index (χ2n) is 0.750. The molecule has 0 aliphatic carbocycles. The molecule has 0 aromatic heterocycles. The normalized spacial score (nSPS) is 4.80. The number of hydrogen-bond donors (Lipinski definition) is 0. The first-order chi connectivity index (χ1) is 5.20. The van der Waals surface area contributed by atoms with Crippen LogP contribution in [0.5, 0.6) is 0 Å². The maximum absolute atomic E-state index is 8.58. The molecule has 0 aliphatic heterocycles. The third-order valence-corrected chi connectivity index (χ3v) is 0. The summed E-state index contributed by atoms with van der Waals surface area (Å²) >= 11 is -12.2. The first kappa shape index (κ1) is 36.1. The molecule has 0 rings (SSSR count). The maximum atomic E-state index is 8.58. The van der Waals surface area contributed by atoms with Crippen molar-refractivity contribution in [2.45, 2.75) is 0 Å². The minimum absolute atomic E-state index is 0. The summed E-state index contributed by atoms with van der Waals surface area (Å²) in [5.41, 5.74) is 0. The Morgan fingerprint density at radius 2 is 0.467 bits per heavy atom. The molecule has 0 aliphatic rings. The molecule has 0 amide bonds. The fraction of sp³-hybridized carbons (Fsp3) is 0. The van der Waals surface area contributed by atoms with Crippen LogP contribution in [0.2, 0.25) is 0 Å². The Kier molecular flexibility index (Phi) is 72.5. The molecule has 0 spiro atoms. The van der Waals surface area contributed by atoms with E-state index in [0.29, 0.717) is 0 Å². The average Bonchev–Trinajstić information content (AvgIpc) is 1.54. The molecular weight excluding hydrogens is 431 g/mol. The first-order valence-corrected chi connectivity index (χ1v) is 9.55. The SMILES string of the molecule is [Na+].[Na+].[Na+].[O]=[Ge]([O-])[O-].[O]=[Ge]([O-])[O-].[O]=[Ge]([O-])[O-]. The molecular formula is Ge3Na3O9-3. The summed E-state index contributed by atoms with van der Waals surface area (Å²) in [5, 5.41) is 0. The molecule has 0 heterocycles. The van der Waals surface area contributed by atoms with Crippen molar-refractivity contribution in [3.05, 3.63) is 0 Å². The predicted octanol–water partition coefficient (Wildman–Crippen LogP) is -17.6. The molecule has 0 N–H and O–H groups in total. The van der Waals surface area contributed by atoms with Gasteiger partial charge >= 0.3 is 170 Å². The van der Waals surface area contributed by atoms with Crippen LogP contribution < -0.4 is 113 Å². The van der Waals surface area contributed by atoms with Gasteiger partial charge < -0.3 is 0 Å². The van der Waals surface area contributed by atoms with Crippen LogP contribution in [0.1, 0.15) is 0 Å². The molecule has 9 nitrogen and oxygen atoms in total. The van der Waals surface area contributed by atoms with Gasteiger partial charge in [0.15, 0.2) is 0 Å². The van der Waals surface area contributed by atoms with Gasteiger partial charge in [-0.15, -0.1) is 0 Å². The molecule has 0 saturated heterocycles. The van der Waals surface area contributed by atoms with Gasteiger partial charge in [0.25, 0.3) is 0 Å². The molecule has 0 saturated carbocycles. The van der Waals surface area contributed by atoms with E-state index in [0.717, 1.165) is 0 Å². The molecule has 15 heteroatoms. The van der Waals surface area contributed by atoms with E-state index in [1.54, 1.807) is 0 Å². The molecule has 15 heavy (non-hydrogen) atoms. The van der Waals surface area contributed by atoms with Crippen LogP contribution in [0.3, 0.4) is 0 Å². The van der Waals surface area contributed by atoms with Crippen molar-refractivity contribution in [1.29, 1.82) is 0 Å². The Morgan fingerprint density at radius 3 is 0.467 bits per heavy atom. The Balaban J connectivity index is -0.0000000184. The van der Waals surface area contributed by atoms with E-state index >= 15 is 0 Å². The van der Waals surface area contributed by atoms with Crippen molar-refractivity contribution in [2.75, 3.05) is 0 Å². The van der Waals surface area contributed by atoms with E-state index in [4.69, 9.17) is 36.1 Å². The molecule has 0 bridgehead atoms. The van der Waals surface area contributed by atoms with Crippen LogP contribution in [0.4, 0.5) is 0 Å². The van der Waals surface area contributed by atoms with Gasteiger partial charge in [-0.2, -0.15) is 0 Å². The van der Waals surface area contributed by atoms with Crippen molar-refractivity contribution < 1.29 is 125 Å². The van der Waals surface area contributed by atoms with Gasteiger partial charge in [0.1, 0.15) is 0 Å². The topological polar surface area (TPSA) is 190 Å². The fourth-order valence-electron chi connectivity index (χ4n) is 0. The Morgan fingerprint density at radius 1 is 0.467 bits per heavy atom. The van der Waals surface area contributed by atoms with Crippen LogP contribution in [-0.4, -0.2) is 44.9 Å². The Labute approximate surface area is 166 Å². The van der Waals surface area contributed by atoms with Crippen molar-refractivity contribution >= 4 is 44.9 Å². The zero-order chi connectivity index (χ0) is 10.7. The van der Waals surface area contributed by atoms with Crippen molar-refractivity contribution in [3.8, 4) is 0 Å². The van der Waals surface area contributed by atoms with Gasteiger partial charge in [-0.25, -0.2) is 0 Å². The van der Waals surface area contributed by atoms with Gasteiger partial charge in [-0.05, 0) is 0 Å². The fourth-order valence-corrected chi connectivity index (χ4v) is 0. The summed E-state index contributed by atoms with van der Waals surface area (Å²) in [4.78, 5) is 0. The van der Waals surface area contributed by atoms with E-state index in [1.807, 2.05) is 0 Å². The molecule has 0 atom stereocenters. The molecule has 0 radical (unpaired) electrons. The molecule has 0 aromatic carbocycles. The van der Waals surface area contributed by atoms with Gasteiger partial charge in [0.2, 0.25) is 0 Å². The summed E-state index contributed by atoms with van der Waals surface area (Å²) < 4.78 is 77.2. The van der Waals surface area contributed by atoms with Gasteiger partial charge in [0.05, 0.1) is 0 Å². The molecule has 0 fully saturated rings. The van der Waals surface area contributed by atoms with Gasteiger partial charge in [0, 0.05) is 0 Å². The first-order valence-electron chi connectivity index (χ1n) is 1.84. The zero-order valence-electron chi connectivity index (χ0n) is 8.17. The van der Waals surface area contributed by atoms with Crippen molar-refractivity contribution in [2.24, 2.45) is 0 Å². The summed E-state index contributed by atoms with van der Waals surface area (Å²) in [7, 11) is 0. The standard InChI is InChI=1S/3GeO3.3Na/c3*2-1(3)4;;;/q3*-2;3*+1. The second-order valence-corrected chi connectivity index (χ2v) is 3.90. The van der Waals surface area contributed by atoms with E-state index in [-0.39, 0.29) is 88.7 Å². The number of hydrogen-bond acceptors (Lipinski definition) is 9. The Bertz CT molecular complexity index is 118. The van der Waals surface area contributed by atoms with E-state index in [2.05, 4.69) is 0 Å². The van der Waals surface area contributed by atoms with Crippen LogP contribution >= 0.6 is 0 Å². The zero-order valence-corrected chi connectivity index (χ0v) is 20.5. The van der Waals surface area contributed by atoms with E-state index in [9.17, 15) is 0 Å². The minimum atomic E-state index is -4.08. The van der Waals surface area contributed by atoms with E-state index in [1.165, 1.54) is 0 Å². The predicted molar refractivity (Wildman–Crippen MR) is 19.3 cm³/mol. The summed E-state index contributed by atoms with van der Waals surface area (Å²) in [6.07, 6.45) is 0. The van der Waals surface area contributed by atoms with Crippen LogP contribution in [0, 0.1) is 0 Å². The molecule has 0 unspecified atom stereocenters. The summed E-state index contributed by atoms with van der Waals surface area (Å²) in [6.45, 7) is 0. The second kappa shape index (κ2) is 30.1. The molecule has 72 valence electrons.